The van der Waals surface area contributed by atoms with E-state index < -0.39 is 17.7 Å². The zero-order valence-corrected chi connectivity index (χ0v) is 13.6. The van der Waals surface area contributed by atoms with Gasteiger partial charge in [-0.15, -0.1) is 0 Å². The van der Waals surface area contributed by atoms with Crippen molar-refractivity contribution in [1.82, 2.24) is 10.2 Å². The molecule has 1 aromatic heterocycles. The highest BCUT2D eigenvalue weighted by Gasteiger charge is 2.17. The van der Waals surface area contributed by atoms with Gasteiger partial charge in [0.25, 0.3) is 6.47 Å². The number of rotatable bonds is 6. The number of benzene rings is 2. The summed E-state index contributed by atoms with van der Waals surface area (Å²) >= 11 is 5.97. The van der Waals surface area contributed by atoms with Gasteiger partial charge in [0, 0.05) is 22.7 Å². The number of aromatic amines is 1. The van der Waals surface area contributed by atoms with E-state index in [0.717, 1.165) is 6.07 Å². The first-order chi connectivity index (χ1) is 12.1. The van der Waals surface area contributed by atoms with Gasteiger partial charge in [-0.3, -0.25) is 9.89 Å². The van der Waals surface area contributed by atoms with Gasteiger partial charge in [0.15, 0.2) is 11.6 Å². The molecule has 1 N–H and O–H groups in total. The molecule has 4 nitrogen and oxygen atoms in total. The molecule has 3 aromatic rings. The van der Waals surface area contributed by atoms with Crippen molar-refractivity contribution >= 4 is 18.1 Å². The van der Waals surface area contributed by atoms with Crippen LogP contribution in [0.1, 0.15) is 17.4 Å². The van der Waals surface area contributed by atoms with Gasteiger partial charge in [-0.25, -0.2) is 8.78 Å². The Kier molecular flexibility index (Phi) is 5.09. The van der Waals surface area contributed by atoms with E-state index in [1.54, 1.807) is 30.3 Å². The number of H-pyrrole nitrogens is 1. The first kappa shape index (κ1) is 17.1. The number of hydrogen-bond donors (Lipinski definition) is 1. The standard InChI is InChI=1S/C18H13ClF2N2O2/c19-12-4-1-3-11(7-12)17(25-10-24)9-13-8-16(23-22-13)14-5-2-6-15(20)18(14)21/h1-8,10,17H,9H2,(H,22,23). The number of carbonyl (C=O) groups is 1. The summed E-state index contributed by atoms with van der Waals surface area (Å²) in [5, 5.41) is 7.29. The van der Waals surface area contributed by atoms with Crippen LogP contribution in [0.25, 0.3) is 11.3 Å². The molecular weight excluding hydrogens is 350 g/mol. The molecule has 2 aromatic carbocycles. The second-order valence-electron chi connectivity index (χ2n) is 5.36. The van der Waals surface area contributed by atoms with Crippen LogP contribution in [0, 0.1) is 11.6 Å². The Morgan fingerprint density at radius 1 is 1.20 bits per heavy atom. The Bertz CT molecular complexity index is 898. The largest absolute Gasteiger partial charge is 0.459 e. The Balaban J connectivity index is 1.86. The fourth-order valence-electron chi connectivity index (χ4n) is 2.52. The zero-order chi connectivity index (χ0) is 17.8. The molecule has 0 amide bonds. The van der Waals surface area contributed by atoms with E-state index in [4.69, 9.17) is 16.3 Å². The number of aromatic nitrogens is 2. The van der Waals surface area contributed by atoms with Crippen LogP contribution in [0.3, 0.4) is 0 Å². The monoisotopic (exact) mass is 362 g/mol. The predicted octanol–water partition coefficient (Wildman–Crippen LogP) is 4.47. The molecule has 0 radical (unpaired) electrons. The minimum Gasteiger partial charge on any atom is -0.459 e. The minimum absolute atomic E-state index is 0.0538. The van der Waals surface area contributed by atoms with E-state index >= 15 is 0 Å². The Labute approximate surface area is 147 Å². The lowest BCUT2D eigenvalue weighted by Crippen LogP contribution is -2.07. The van der Waals surface area contributed by atoms with Crippen molar-refractivity contribution in [3.05, 3.63) is 76.4 Å². The molecule has 0 bridgehead atoms. The SMILES string of the molecule is O=COC(Cc1cc(-c2cccc(F)c2F)n[nH]1)c1cccc(Cl)c1. The lowest BCUT2D eigenvalue weighted by molar-refractivity contribution is -0.133. The number of nitrogens with one attached hydrogen (secondary N) is 1. The number of hydrogen-bond acceptors (Lipinski definition) is 3. The molecule has 0 saturated heterocycles. The summed E-state index contributed by atoms with van der Waals surface area (Å²) < 4.78 is 32.4. The summed E-state index contributed by atoms with van der Waals surface area (Å²) in [6.07, 6.45) is -0.301. The molecule has 1 unspecified atom stereocenters. The minimum atomic E-state index is -0.962. The number of halogens is 3. The van der Waals surface area contributed by atoms with Gasteiger partial charge in [-0.1, -0.05) is 29.8 Å². The average Bonchev–Trinajstić information content (AvgIpc) is 3.05. The van der Waals surface area contributed by atoms with E-state index in [0.29, 0.717) is 22.8 Å². The highest BCUT2D eigenvalue weighted by molar-refractivity contribution is 6.30. The molecule has 0 fully saturated rings. The first-order valence-electron chi connectivity index (χ1n) is 7.41. The highest BCUT2D eigenvalue weighted by atomic mass is 35.5. The second-order valence-corrected chi connectivity index (χ2v) is 5.80. The molecular formula is C18H13ClF2N2O2. The molecule has 0 aliphatic rings. The third-order valence-corrected chi connectivity index (χ3v) is 3.94. The quantitative estimate of drug-likeness (QED) is 0.658. The zero-order valence-electron chi connectivity index (χ0n) is 12.9. The third kappa shape index (κ3) is 3.85. The fraction of sp³-hybridized carbons (Fsp3) is 0.111. The molecule has 0 aliphatic carbocycles. The van der Waals surface area contributed by atoms with Crippen molar-refractivity contribution in [3.63, 3.8) is 0 Å². The molecule has 0 saturated carbocycles. The van der Waals surface area contributed by atoms with Crippen LogP contribution in [-0.4, -0.2) is 16.7 Å². The third-order valence-electron chi connectivity index (χ3n) is 3.70. The average molecular weight is 363 g/mol. The normalized spacial score (nSPS) is 12.0. The van der Waals surface area contributed by atoms with Crippen molar-refractivity contribution in [3.8, 4) is 11.3 Å². The number of nitrogens with zero attached hydrogens (tertiary/aromatic N) is 1. The van der Waals surface area contributed by atoms with E-state index in [1.165, 1.54) is 12.1 Å². The maximum Gasteiger partial charge on any atom is 0.293 e. The molecule has 0 spiro atoms. The van der Waals surface area contributed by atoms with Gasteiger partial charge < -0.3 is 4.74 Å². The summed E-state index contributed by atoms with van der Waals surface area (Å²) in [5.74, 6) is -1.90. The van der Waals surface area contributed by atoms with E-state index in [9.17, 15) is 13.6 Å². The smallest absolute Gasteiger partial charge is 0.293 e. The van der Waals surface area contributed by atoms with Crippen LogP contribution < -0.4 is 0 Å². The van der Waals surface area contributed by atoms with Gasteiger partial charge in [-0.05, 0) is 35.9 Å². The van der Waals surface area contributed by atoms with E-state index in [-0.39, 0.29) is 17.7 Å². The van der Waals surface area contributed by atoms with Gasteiger partial charge >= 0.3 is 0 Å². The molecule has 1 heterocycles. The van der Waals surface area contributed by atoms with Gasteiger partial charge in [0.1, 0.15) is 6.10 Å². The topological polar surface area (TPSA) is 55.0 Å². The lowest BCUT2D eigenvalue weighted by Gasteiger charge is -2.14. The maximum absolute atomic E-state index is 13.9. The summed E-state index contributed by atoms with van der Waals surface area (Å²) in [6.45, 7) is 0.356. The molecule has 3 rings (SSSR count). The van der Waals surface area contributed by atoms with Crippen molar-refractivity contribution < 1.29 is 18.3 Å². The first-order valence-corrected chi connectivity index (χ1v) is 7.79. The Morgan fingerprint density at radius 3 is 2.76 bits per heavy atom. The van der Waals surface area contributed by atoms with Crippen molar-refractivity contribution in [2.45, 2.75) is 12.5 Å². The van der Waals surface area contributed by atoms with Crippen LogP contribution in [0.4, 0.5) is 8.78 Å². The summed E-state index contributed by atoms with van der Waals surface area (Å²) in [4.78, 5) is 10.8. The van der Waals surface area contributed by atoms with E-state index in [2.05, 4.69) is 10.2 Å². The van der Waals surface area contributed by atoms with Gasteiger partial charge in [0.2, 0.25) is 0 Å². The summed E-state index contributed by atoms with van der Waals surface area (Å²) in [6, 6.07) is 12.4. The Morgan fingerprint density at radius 2 is 2.00 bits per heavy atom. The van der Waals surface area contributed by atoms with Gasteiger partial charge in [-0.2, -0.15) is 5.10 Å². The number of carbonyl (C=O) groups excluding carboxylic acids is 1. The predicted molar refractivity (Wildman–Crippen MR) is 89.0 cm³/mol. The highest BCUT2D eigenvalue weighted by Crippen LogP contribution is 2.27. The molecule has 1 atom stereocenters. The molecule has 25 heavy (non-hydrogen) atoms. The maximum atomic E-state index is 13.9. The number of ether oxygens (including phenoxy) is 1. The van der Waals surface area contributed by atoms with Crippen molar-refractivity contribution in [1.29, 1.82) is 0 Å². The van der Waals surface area contributed by atoms with E-state index in [1.807, 2.05) is 0 Å². The molecule has 128 valence electrons. The molecule has 7 heteroatoms. The lowest BCUT2D eigenvalue weighted by atomic mass is 10.0. The second kappa shape index (κ2) is 7.44. The van der Waals surface area contributed by atoms with Gasteiger partial charge in [0.05, 0.1) is 5.69 Å². The van der Waals surface area contributed by atoms with Crippen molar-refractivity contribution in [2.24, 2.45) is 0 Å². The van der Waals surface area contributed by atoms with Crippen LogP contribution in [0.2, 0.25) is 5.02 Å². The van der Waals surface area contributed by atoms with Crippen LogP contribution in [0.5, 0.6) is 0 Å². The molecule has 0 aliphatic heterocycles. The van der Waals surface area contributed by atoms with Crippen LogP contribution in [0.15, 0.2) is 48.5 Å². The summed E-state index contributed by atoms with van der Waals surface area (Å²) in [5.41, 5.74) is 1.64. The van der Waals surface area contributed by atoms with Crippen molar-refractivity contribution in [2.75, 3.05) is 0 Å². The Hall–Kier alpha value is -2.73. The summed E-state index contributed by atoms with van der Waals surface area (Å²) in [7, 11) is 0. The van der Waals surface area contributed by atoms with Crippen LogP contribution in [-0.2, 0) is 16.0 Å². The fourth-order valence-corrected chi connectivity index (χ4v) is 2.72. The van der Waals surface area contributed by atoms with Crippen LogP contribution >= 0.6 is 11.6 Å².